The van der Waals surface area contributed by atoms with Crippen molar-refractivity contribution in [3.8, 4) is 16.2 Å². The number of rotatable bonds is 17. The van der Waals surface area contributed by atoms with Crippen LogP contribution in [-0.4, -0.2) is 31.5 Å². The minimum atomic E-state index is -4.47. The molecule has 0 amide bonds. The van der Waals surface area contributed by atoms with E-state index in [0.717, 1.165) is 29.3 Å². The summed E-state index contributed by atoms with van der Waals surface area (Å²) in [5.41, 5.74) is 0.561. The number of aryl methyl sites for hydroxylation is 1. The molecule has 0 saturated heterocycles. The maximum atomic E-state index is 14.2. The van der Waals surface area contributed by atoms with Gasteiger partial charge in [-0.3, -0.25) is 4.79 Å². The molecule has 0 spiro atoms. The minimum Gasteiger partial charge on any atom is -0.494 e. The summed E-state index contributed by atoms with van der Waals surface area (Å²) in [5.74, 6) is -2.64. The van der Waals surface area contributed by atoms with Crippen molar-refractivity contribution >= 4 is 27.2 Å². The van der Waals surface area contributed by atoms with Gasteiger partial charge in [-0.05, 0) is 79.5 Å². The van der Waals surface area contributed by atoms with Gasteiger partial charge in [-0.1, -0.05) is 38.5 Å². The van der Waals surface area contributed by atoms with Crippen LogP contribution in [0.5, 0.6) is 5.75 Å². The molecule has 3 rings (SSSR count). The van der Waals surface area contributed by atoms with E-state index in [-0.39, 0.29) is 56.9 Å². The van der Waals surface area contributed by atoms with E-state index in [4.69, 9.17) is 9.47 Å². The number of hydrogen-bond donors (Lipinski definition) is 0. The zero-order valence-electron chi connectivity index (χ0n) is 23.5. The lowest BCUT2D eigenvalue weighted by Crippen LogP contribution is -2.18. The summed E-state index contributed by atoms with van der Waals surface area (Å²) in [6.45, 7) is 7.14. The van der Waals surface area contributed by atoms with E-state index in [1.807, 2.05) is 0 Å². The SMILES string of the molecule is C=C(C)C(=O)COCCCC(F)(F)CCCOc1ccc2cc(-c3ccc(CCCCC)cc3C(F)(F)F)sc2c1. The smallest absolute Gasteiger partial charge is 0.417 e. The van der Waals surface area contributed by atoms with Gasteiger partial charge in [0.15, 0.2) is 5.78 Å². The molecule has 41 heavy (non-hydrogen) atoms. The second-order valence-corrected chi connectivity index (χ2v) is 11.4. The average Bonchev–Trinajstić information content (AvgIpc) is 3.33. The number of hydrogen-bond acceptors (Lipinski definition) is 4. The highest BCUT2D eigenvalue weighted by Gasteiger charge is 2.34. The first-order valence-electron chi connectivity index (χ1n) is 13.9. The first-order valence-corrected chi connectivity index (χ1v) is 14.7. The standard InChI is InChI=1S/C32H37F5O3S/c1-4-5-6-9-23-10-13-26(27(18-23)32(35,36)37)30-19-24-11-12-25(20-29(24)41-30)40-17-8-15-31(33,34)14-7-16-39-21-28(38)22(2)3/h10-13,18-20H,2,4-9,14-17,21H2,1,3H3. The highest BCUT2D eigenvalue weighted by Crippen LogP contribution is 2.42. The number of benzene rings is 2. The number of halogens is 5. The van der Waals surface area contributed by atoms with E-state index in [9.17, 15) is 26.7 Å². The zero-order valence-corrected chi connectivity index (χ0v) is 24.4. The molecule has 2 aromatic carbocycles. The van der Waals surface area contributed by atoms with Crippen molar-refractivity contribution in [2.45, 2.75) is 77.3 Å². The topological polar surface area (TPSA) is 35.5 Å². The Morgan fingerprint density at radius 3 is 2.34 bits per heavy atom. The third kappa shape index (κ3) is 10.2. The van der Waals surface area contributed by atoms with Gasteiger partial charge in [0, 0.05) is 34.6 Å². The van der Waals surface area contributed by atoms with Gasteiger partial charge in [-0.15, -0.1) is 11.3 Å². The number of ketones is 1. The van der Waals surface area contributed by atoms with Gasteiger partial charge in [-0.25, -0.2) is 8.78 Å². The van der Waals surface area contributed by atoms with Crippen LogP contribution in [0.15, 0.2) is 54.6 Å². The molecule has 0 N–H and O–H groups in total. The molecule has 0 fully saturated rings. The highest BCUT2D eigenvalue weighted by molar-refractivity contribution is 7.22. The molecular formula is C32H37F5O3S. The summed E-state index contributed by atoms with van der Waals surface area (Å²) in [5, 5.41) is 0.788. The van der Waals surface area contributed by atoms with Crippen molar-refractivity contribution in [1.82, 2.24) is 0 Å². The predicted octanol–water partition coefficient (Wildman–Crippen LogP) is 10.1. The molecule has 0 aliphatic rings. The number of carbonyl (C=O) groups excluding carboxylic acids is 1. The van der Waals surface area contributed by atoms with E-state index >= 15 is 0 Å². The van der Waals surface area contributed by atoms with E-state index in [1.54, 1.807) is 43.3 Å². The lowest BCUT2D eigenvalue weighted by atomic mass is 9.98. The van der Waals surface area contributed by atoms with Crippen molar-refractivity contribution in [2.24, 2.45) is 0 Å². The molecule has 0 radical (unpaired) electrons. The van der Waals surface area contributed by atoms with Gasteiger partial charge in [0.05, 0.1) is 12.2 Å². The first-order chi connectivity index (χ1) is 19.4. The van der Waals surface area contributed by atoms with Gasteiger partial charge in [0.1, 0.15) is 12.4 Å². The fourth-order valence-corrected chi connectivity index (χ4v) is 5.51. The molecule has 3 aromatic rings. The molecule has 9 heteroatoms. The Morgan fingerprint density at radius 2 is 1.66 bits per heavy atom. The van der Waals surface area contributed by atoms with Gasteiger partial charge < -0.3 is 9.47 Å². The zero-order chi connectivity index (χ0) is 30.0. The second kappa shape index (κ2) is 14.9. The quantitative estimate of drug-likeness (QED) is 0.0884. The Labute approximate surface area is 242 Å². The number of ether oxygens (including phenoxy) is 2. The Bertz CT molecular complexity index is 1310. The fraction of sp³-hybridized carbons (Fsp3) is 0.469. The largest absolute Gasteiger partial charge is 0.494 e. The molecular weight excluding hydrogens is 559 g/mol. The van der Waals surface area contributed by atoms with E-state index in [2.05, 4.69) is 13.5 Å². The van der Waals surface area contributed by atoms with E-state index in [0.29, 0.717) is 28.2 Å². The van der Waals surface area contributed by atoms with Crippen molar-refractivity contribution in [3.05, 3.63) is 65.7 Å². The minimum absolute atomic E-state index is 0.0709. The molecule has 0 unspecified atom stereocenters. The Morgan fingerprint density at radius 1 is 0.927 bits per heavy atom. The molecule has 224 valence electrons. The summed E-state index contributed by atoms with van der Waals surface area (Å²) in [4.78, 5) is 11.9. The second-order valence-electron chi connectivity index (χ2n) is 10.3. The maximum Gasteiger partial charge on any atom is 0.417 e. The number of thiophene rings is 1. The Hall–Kier alpha value is -2.78. The lowest BCUT2D eigenvalue weighted by molar-refractivity contribution is -0.137. The van der Waals surface area contributed by atoms with Crippen LogP contribution in [-0.2, 0) is 22.1 Å². The highest BCUT2D eigenvalue weighted by atomic mass is 32.1. The number of alkyl halides is 5. The summed E-state index contributed by atoms with van der Waals surface area (Å²) in [7, 11) is 0. The number of carbonyl (C=O) groups is 1. The van der Waals surface area contributed by atoms with Crippen molar-refractivity contribution < 1.29 is 36.2 Å². The molecule has 3 nitrogen and oxygen atoms in total. The van der Waals surface area contributed by atoms with Crippen LogP contribution in [0.2, 0.25) is 0 Å². The van der Waals surface area contributed by atoms with Crippen molar-refractivity contribution in [1.29, 1.82) is 0 Å². The maximum absolute atomic E-state index is 14.2. The molecule has 1 heterocycles. The third-order valence-corrected chi connectivity index (χ3v) is 7.84. The van der Waals surface area contributed by atoms with Crippen LogP contribution in [0.3, 0.4) is 0 Å². The normalized spacial score (nSPS) is 12.2. The van der Waals surface area contributed by atoms with Crippen LogP contribution in [0, 0.1) is 0 Å². The Balaban J connectivity index is 1.56. The summed E-state index contributed by atoms with van der Waals surface area (Å²) in [6.07, 6.45) is -1.46. The van der Waals surface area contributed by atoms with Gasteiger partial charge in [0.2, 0.25) is 5.92 Å². The molecule has 0 saturated carbocycles. The number of unbranched alkanes of at least 4 members (excludes halogenated alkanes) is 2. The summed E-state index contributed by atoms with van der Waals surface area (Å²) >= 11 is 1.24. The number of fused-ring (bicyclic) bond motifs is 1. The third-order valence-electron chi connectivity index (χ3n) is 6.71. The van der Waals surface area contributed by atoms with Crippen LogP contribution < -0.4 is 4.74 Å². The van der Waals surface area contributed by atoms with Crippen molar-refractivity contribution in [3.63, 3.8) is 0 Å². The number of Topliss-reactive ketones (excluding diaryl/α,β-unsaturated/α-hetero) is 1. The molecule has 1 aromatic heterocycles. The fourth-order valence-electron chi connectivity index (χ4n) is 4.38. The first kappa shape index (κ1) is 32.7. The summed E-state index contributed by atoms with van der Waals surface area (Å²) < 4.78 is 81.8. The monoisotopic (exact) mass is 596 g/mol. The summed E-state index contributed by atoms with van der Waals surface area (Å²) in [6, 6.07) is 11.5. The van der Waals surface area contributed by atoms with E-state index in [1.165, 1.54) is 17.4 Å². The molecule has 0 atom stereocenters. The van der Waals surface area contributed by atoms with Crippen molar-refractivity contribution in [2.75, 3.05) is 19.8 Å². The lowest BCUT2D eigenvalue weighted by Gasteiger charge is -2.16. The van der Waals surface area contributed by atoms with Gasteiger partial charge in [-0.2, -0.15) is 13.2 Å². The van der Waals surface area contributed by atoms with Crippen LogP contribution in [0.25, 0.3) is 20.5 Å². The predicted molar refractivity (Wildman–Crippen MR) is 155 cm³/mol. The van der Waals surface area contributed by atoms with Crippen LogP contribution >= 0.6 is 11.3 Å². The van der Waals surface area contributed by atoms with Gasteiger partial charge >= 0.3 is 6.18 Å². The van der Waals surface area contributed by atoms with Crippen LogP contribution in [0.1, 0.15) is 69.9 Å². The average molecular weight is 597 g/mol. The van der Waals surface area contributed by atoms with E-state index < -0.39 is 17.7 Å². The van der Waals surface area contributed by atoms with Crippen LogP contribution in [0.4, 0.5) is 22.0 Å². The van der Waals surface area contributed by atoms with Gasteiger partial charge in [0.25, 0.3) is 0 Å². The molecule has 0 aliphatic heterocycles. The molecule has 0 bridgehead atoms. The molecule has 0 aliphatic carbocycles. The Kier molecular flexibility index (Phi) is 11.9.